The van der Waals surface area contributed by atoms with Gasteiger partial charge in [-0.25, -0.2) is 5.06 Å². The average Bonchev–Trinajstić information content (AvgIpc) is 3.07. The van der Waals surface area contributed by atoms with Crippen LogP contribution in [0.15, 0.2) is 54.6 Å². The van der Waals surface area contributed by atoms with Crippen LogP contribution in [0.5, 0.6) is 0 Å². The maximum Gasteiger partial charge on any atom is 0.246 e. The molecule has 0 saturated carbocycles. The third kappa shape index (κ3) is 4.57. The van der Waals surface area contributed by atoms with E-state index in [-0.39, 0.29) is 17.4 Å². The van der Waals surface area contributed by atoms with Crippen molar-refractivity contribution in [2.24, 2.45) is 0 Å². The minimum atomic E-state index is -0.264. The number of piperidine rings is 1. The van der Waals surface area contributed by atoms with E-state index in [2.05, 4.69) is 31.2 Å². The summed E-state index contributed by atoms with van der Waals surface area (Å²) in [6.45, 7) is 3.84. The fraction of sp³-hybridized carbons (Fsp3) is 0.440. The highest BCUT2D eigenvalue weighted by Crippen LogP contribution is 2.39. The number of carbonyl (C=O) groups is 2. The molecular weight excluding hydrogens is 376 g/mol. The Labute approximate surface area is 178 Å². The van der Waals surface area contributed by atoms with Gasteiger partial charge in [-0.3, -0.25) is 14.4 Å². The Morgan fingerprint density at radius 2 is 1.67 bits per heavy atom. The number of amides is 2. The van der Waals surface area contributed by atoms with Crippen LogP contribution in [-0.4, -0.2) is 40.4 Å². The van der Waals surface area contributed by atoms with Gasteiger partial charge in [0.25, 0.3) is 0 Å². The molecule has 0 N–H and O–H groups in total. The molecule has 0 aromatic heterocycles. The molecule has 2 fully saturated rings. The molecule has 2 aromatic rings. The molecule has 1 spiro atoms. The van der Waals surface area contributed by atoms with E-state index in [1.807, 2.05) is 35.2 Å². The molecule has 4 rings (SSSR count). The van der Waals surface area contributed by atoms with Crippen LogP contribution in [0.3, 0.4) is 0 Å². The smallest absolute Gasteiger partial charge is 0.246 e. The van der Waals surface area contributed by atoms with Crippen molar-refractivity contribution in [3.63, 3.8) is 0 Å². The SMILES string of the molecule is Cc1ccc(CCC(=O)N2CCC3(CCC(=O)N3OCc3ccccc3)CC2)cc1. The summed E-state index contributed by atoms with van der Waals surface area (Å²) in [7, 11) is 0. The highest BCUT2D eigenvalue weighted by molar-refractivity contribution is 5.79. The van der Waals surface area contributed by atoms with Crippen molar-refractivity contribution in [1.82, 2.24) is 9.96 Å². The van der Waals surface area contributed by atoms with E-state index >= 15 is 0 Å². The summed E-state index contributed by atoms with van der Waals surface area (Å²) in [6, 6.07) is 18.3. The molecule has 2 heterocycles. The summed E-state index contributed by atoms with van der Waals surface area (Å²) < 4.78 is 0. The normalized spacial score (nSPS) is 18.2. The maximum absolute atomic E-state index is 12.7. The lowest BCUT2D eigenvalue weighted by Crippen LogP contribution is -2.54. The highest BCUT2D eigenvalue weighted by Gasteiger charge is 2.48. The van der Waals surface area contributed by atoms with Crippen LogP contribution >= 0.6 is 0 Å². The van der Waals surface area contributed by atoms with Crippen molar-refractivity contribution >= 4 is 11.8 Å². The molecule has 0 aliphatic carbocycles. The number of rotatable bonds is 6. The Balaban J connectivity index is 1.31. The molecule has 2 aliphatic rings. The van der Waals surface area contributed by atoms with Crippen molar-refractivity contribution in [3.05, 3.63) is 71.3 Å². The van der Waals surface area contributed by atoms with E-state index in [1.165, 1.54) is 11.1 Å². The van der Waals surface area contributed by atoms with Crippen molar-refractivity contribution in [2.45, 2.75) is 57.6 Å². The van der Waals surface area contributed by atoms with E-state index in [0.717, 1.165) is 31.2 Å². The standard InChI is InChI=1S/C25H30N2O3/c1-20-7-9-21(10-8-20)11-12-23(28)26-17-15-25(16-18-26)14-13-24(29)27(25)30-19-22-5-3-2-4-6-22/h2-10H,11-19H2,1H3. The lowest BCUT2D eigenvalue weighted by Gasteiger charge is -2.43. The van der Waals surface area contributed by atoms with Crippen LogP contribution in [0.25, 0.3) is 0 Å². The Kier molecular flexibility index (Phi) is 6.18. The fourth-order valence-corrected chi connectivity index (χ4v) is 4.52. The van der Waals surface area contributed by atoms with Crippen LogP contribution in [0.4, 0.5) is 0 Å². The minimum absolute atomic E-state index is 0.0603. The maximum atomic E-state index is 12.7. The van der Waals surface area contributed by atoms with Crippen molar-refractivity contribution in [1.29, 1.82) is 0 Å². The summed E-state index contributed by atoms with van der Waals surface area (Å²) in [4.78, 5) is 33.1. The monoisotopic (exact) mass is 406 g/mol. The Bertz CT molecular complexity index is 871. The second-order valence-electron chi connectivity index (χ2n) is 8.54. The summed E-state index contributed by atoms with van der Waals surface area (Å²) in [5.41, 5.74) is 3.22. The van der Waals surface area contributed by atoms with Gasteiger partial charge in [0, 0.05) is 25.9 Å². The van der Waals surface area contributed by atoms with E-state index < -0.39 is 0 Å². The Hall–Kier alpha value is -2.66. The first-order chi connectivity index (χ1) is 14.6. The third-order valence-corrected chi connectivity index (χ3v) is 6.46. The van der Waals surface area contributed by atoms with Gasteiger partial charge in [0.1, 0.15) is 6.61 Å². The van der Waals surface area contributed by atoms with E-state index in [4.69, 9.17) is 4.84 Å². The van der Waals surface area contributed by atoms with Gasteiger partial charge in [-0.05, 0) is 43.7 Å². The number of aryl methyl sites for hydroxylation is 2. The molecule has 2 saturated heterocycles. The molecule has 5 nitrogen and oxygen atoms in total. The summed E-state index contributed by atoms with van der Waals surface area (Å²) in [5.74, 6) is 0.261. The topological polar surface area (TPSA) is 49.9 Å². The van der Waals surface area contributed by atoms with Crippen LogP contribution in [0.2, 0.25) is 0 Å². The number of likely N-dealkylation sites (tertiary alicyclic amines) is 1. The molecule has 5 heteroatoms. The average molecular weight is 407 g/mol. The van der Waals surface area contributed by atoms with Gasteiger partial charge in [0.15, 0.2) is 0 Å². The fourth-order valence-electron chi connectivity index (χ4n) is 4.52. The van der Waals surface area contributed by atoms with Gasteiger partial charge < -0.3 is 4.90 Å². The molecular formula is C25H30N2O3. The predicted molar refractivity (Wildman–Crippen MR) is 115 cm³/mol. The van der Waals surface area contributed by atoms with Gasteiger partial charge in [-0.15, -0.1) is 0 Å². The number of carbonyl (C=O) groups excluding carboxylic acids is 2. The van der Waals surface area contributed by atoms with Gasteiger partial charge >= 0.3 is 0 Å². The van der Waals surface area contributed by atoms with E-state index in [1.54, 1.807) is 5.06 Å². The Morgan fingerprint density at radius 3 is 2.37 bits per heavy atom. The molecule has 30 heavy (non-hydrogen) atoms. The van der Waals surface area contributed by atoms with Crippen LogP contribution in [0, 0.1) is 6.92 Å². The largest absolute Gasteiger partial charge is 0.343 e. The first-order valence-electron chi connectivity index (χ1n) is 10.9. The minimum Gasteiger partial charge on any atom is -0.343 e. The molecule has 2 aromatic carbocycles. The molecule has 0 bridgehead atoms. The first-order valence-corrected chi connectivity index (χ1v) is 10.9. The lowest BCUT2D eigenvalue weighted by atomic mass is 9.86. The van der Waals surface area contributed by atoms with Gasteiger partial charge in [-0.1, -0.05) is 60.2 Å². The van der Waals surface area contributed by atoms with Crippen LogP contribution < -0.4 is 0 Å². The summed E-state index contributed by atoms with van der Waals surface area (Å²) >= 11 is 0. The zero-order chi connectivity index (χ0) is 21.0. The van der Waals surface area contributed by atoms with Crippen LogP contribution in [0.1, 0.15) is 48.8 Å². The molecule has 158 valence electrons. The summed E-state index contributed by atoms with van der Waals surface area (Å²) in [6.07, 6.45) is 4.20. The molecule has 2 amide bonds. The number of hydrogen-bond donors (Lipinski definition) is 0. The highest BCUT2D eigenvalue weighted by atomic mass is 16.7. The number of hydroxylamine groups is 2. The van der Waals surface area contributed by atoms with E-state index in [0.29, 0.717) is 32.5 Å². The number of benzene rings is 2. The molecule has 2 aliphatic heterocycles. The van der Waals surface area contributed by atoms with Gasteiger partial charge in [0.2, 0.25) is 11.8 Å². The molecule has 0 atom stereocenters. The number of hydrogen-bond acceptors (Lipinski definition) is 3. The quantitative estimate of drug-likeness (QED) is 0.727. The second-order valence-corrected chi connectivity index (χ2v) is 8.54. The van der Waals surface area contributed by atoms with Crippen LogP contribution in [-0.2, 0) is 27.5 Å². The molecule has 0 unspecified atom stereocenters. The van der Waals surface area contributed by atoms with Crippen molar-refractivity contribution in [3.8, 4) is 0 Å². The first kappa shape index (κ1) is 20.6. The number of nitrogens with zero attached hydrogens (tertiary/aromatic N) is 2. The zero-order valence-corrected chi connectivity index (χ0v) is 17.7. The zero-order valence-electron chi connectivity index (χ0n) is 17.7. The molecule has 0 radical (unpaired) electrons. The lowest BCUT2D eigenvalue weighted by molar-refractivity contribution is -0.222. The van der Waals surface area contributed by atoms with E-state index in [9.17, 15) is 9.59 Å². The van der Waals surface area contributed by atoms with Crippen molar-refractivity contribution < 1.29 is 14.4 Å². The van der Waals surface area contributed by atoms with Crippen molar-refractivity contribution in [2.75, 3.05) is 13.1 Å². The Morgan fingerprint density at radius 1 is 0.967 bits per heavy atom. The predicted octanol–water partition coefficient (Wildman–Crippen LogP) is 4.04. The third-order valence-electron chi connectivity index (χ3n) is 6.46. The second kappa shape index (κ2) is 9.00. The van der Waals surface area contributed by atoms with Gasteiger partial charge in [-0.2, -0.15) is 0 Å². The summed E-state index contributed by atoms with van der Waals surface area (Å²) in [5, 5.41) is 1.63. The van der Waals surface area contributed by atoms with Gasteiger partial charge in [0.05, 0.1) is 5.54 Å².